The summed E-state index contributed by atoms with van der Waals surface area (Å²) in [4.78, 5) is 0. The Labute approximate surface area is 105 Å². The van der Waals surface area contributed by atoms with Crippen LogP contribution in [0.2, 0.25) is 0 Å². The van der Waals surface area contributed by atoms with Gasteiger partial charge in [-0.1, -0.05) is 0 Å². The van der Waals surface area contributed by atoms with E-state index < -0.39 is 12.8 Å². The first-order chi connectivity index (χ1) is 8.54. The van der Waals surface area contributed by atoms with E-state index in [-0.39, 0.29) is 6.61 Å². The summed E-state index contributed by atoms with van der Waals surface area (Å²) in [5.41, 5.74) is 0. The van der Waals surface area contributed by atoms with Crippen LogP contribution in [-0.2, 0) is 9.47 Å². The van der Waals surface area contributed by atoms with Gasteiger partial charge in [0.2, 0.25) is 0 Å². The van der Waals surface area contributed by atoms with Crippen LogP contribution in [0.4, 0.5) is 13.2 Å². The second-order valence-electron chi connectivity index (χ2n) is 5.10. The molecule has 0 saturated carbocycles. The number of alkyl halides is 3. The van der Waals surface area contributed by atoms with Gasteiger partial charge in [0.15, 0.2) is 0 Å². The minimum absolute atomic E-state index is 0.153. The van der Waals surface area contributed by atoms with Crippen LogP contribution in [0.25, 0.3) is 0 Å². The van der Waals surface area contributed by atoms with Gasteiger partial charge in [0.05, 0.1) is 12.2 Å². The summed E-state index contributed by atoms with van der Waals surface area (Å²) in [5, 5.41) is 3.27. The lowest BCUT2D eigenvalue weighted by Crippen LogP contribution is -2.30. The highest BCUT2D eigenvalue weighted by atomic mass is 19.4. The first kappa shape index (κ1) is 14.1. The van der Waals surface area contributed by atoms with Crippen LogP contribution in [0.3, 0.4) is 0 Å². The Morgan fingerprint density at radius 2 is 2.11 bits per heavy atom. The fourth-order valence-electron chi connectivity index (χ4n) is 2.73. The van der Waals surface area contributed by atoms with E-state index in [2.05, 4.69) is 10.1 Å². The Balaban J connectivity index is 1.42. The van der Waals surface area contributed by atoms with Gasteiger partial charge in [0.25, 0.3) is 0 Å². The lowest BCUT2D eigenvalue weighted by atomic mass is 9.89. The molecule has 3 atom stereocenters. The standard InChI is InChI=1S/C12H20F3NO2/c13-12(14,15)8-17-5-1-4-16-7-9-6-10-2-3-11(9)18-10/h9-11,16H,1-8H2. The highest BCUT2D eigenvalue weighted by molar-refractivity contribution is 4.90. The van der Waals surface area contributed by atoms with Gasteiger partial charge in [-0.25, -0.2) is 0 Å². The molecule has 2 fully saturated rings. The third-order valence-electron chi connectivity index (χ3n) is 3.55. The predicted octanol–water partition coefficient (Wildman–Crippen LogP) is 2.11. The monoisotopic (exact) mass is 267 g/mol. The Kier molecular flexibility index (Phi) is 4.86. The van der Waals surface area contributed by atoms with Crippen LogP contribution >= 0.6 is 0 Å². The summed E-state index contributed by atoms with van der Waals surface area (Å²) >= 11 is 0. The summed E-state index contributed by atoms with van der Waals surface area (Å²) in [7, 11) is 0. The van der Waals surface area contributed by atoms with Gasteiger partial charge in [-0.05, 0) is 32.2 Å². The number of hydrogen-bond donors (Lipinski definition) is 1. The van der Waals surface area contributed by atoms with Gasteiger partial charge >= 0.3 is 6.18 Å². The molecule has 2 heterocycles. The normalized spacial score (nSPS) is 31.2. The fourth-order valence-corrected chi connectivity index (χ4v) is 2.73. The van der Waals surface area contributed by atoms with Crippen molar-refractivity contribution < 1.29 is 22.6 Å². The topological polar surface area (TPSA) is 30.5 Å². The lowest BCUT2D eigenvalue weighted by molar-refractivity contribution is -0.173. The van der Waals surface area contributed by atoms with Crippen molar-refractivity contribution in [3.05, 3.63) is 0 Å². The average Bonchev–Trinajstić information content (AvgIpc) is 2.88. The maximum absolute atomic E-state index is 11.8. The van der Waals surface area contributed by atoms with Gasteiger partial charge in [-0.15, -0.1) is 0 Å². The Morgan fingerprint density at radius 1 is 1.28 bits per heavy atom. The van der Waals surface area contributed by atoms with E-state index in [0.717, 1.165) is 19.4 Å². The molecule has 0 spiro atoms. The van der Waals surface area contributed by atoms with Gasteiger partial charge in [0, 0.05) is 19.1 Å². The molecule has 1 N–H and O–H groups in total. The quantitative estimate of drug-likeness (QED) is 0.717. The molecule has 6 heteroatoms. The molecule has 0 aliphatic carbocycles. The van der Waals surface area contributed by atoms with Gasteiger partial charge in [0.1, 0.15) is 6.61 Å². The molecule has 0 aromatic rings. The third kappa shape index (κ3) is 4.40. The van der Waals surface area contributed by atoms with Crippen molar-refractivity contribution in [1.82, 2.24) is 5.32 Å². The molecule has 106 valence electrons. The van der Waals surface area contributed by atoms with E-state index in [4.69, 9.17) is 4.74 Å². The van der Waals surface area contributed by atoms with Crippen LogP contribution in [0, 0.1) is 5.92 Å². The summed E-state index contributed by atoms with van der Waals surface area (Å²) in [6.07, 6.45) is 0.729. The molecule has 2 saturated heterocycles. The molecule has 2 aliphatic rings. The lowest BCUT2D eigenvalue weighted by Gasteiger charge is -2.18. The fraction of sp³-hybridized carbons (Fsp3) is 1.00. The average molecular weight is 267 g/mol. The summed E-state index contributed by atoms with van der Waals surface area (Å²) in [6.45, 7) is 0.610. The van der Waals surface area contributed by atoms with E-state index in [1.54, 1.807) is 0 Å². The van der Waals surface area contributed by atoms with Crippen LogP contribution in [0.5, 0.6) is 0 Å². The maximum Gasteiger partial charge on any atom is 0.411 e. The first-order valence-corrected chi connectivity index (χ1v) is 6.55. The van der Waals surface area contributed by atoms with Crippen molar-refractivity contribution in [2.75, 3.05) is 26.3 Å². The number of halogens is 3. The van der Waals surface area contributed by atoms with Crippen molar-refractivity contribution in [2.45, 2.75) is 44.1 Å². The van der Waals surface area contributed by atoms with E-state index in [1.165, 1.54) is 6.42 Å². The van der Waals surface area contributed by atoms with Crippen LogP contribution in [0.15, 0.2) is 0 Å². The van der Waals surface area contributed by atoms with Crippen LogP contribution < -0.4 is 5.32 Å². The Hall–Kier alpha value is -0.330. The number of nitrogens with one attached hydrogen (secondary N) is 1. The number of ether oxygens (including phenoxy) is 2. The smallest absolute Gasteiger partial charge is 0.375 e. The number of hydrogen-bond acceptors (Lipinski definition) is 3. The highest BCUT2D eigenvalue weighted by Gasteiger charge is 2.40. The zero-order valence-corrected chi connectivity index (χ0v) is 10.3. The molecular formula is C12H20F3NO2. The minimum Gasteiger partial charge on any atom is -0.375 e. The van der Waals surface area contributed by atoms with Crippen LogP contribution in [0.1, 0.15) is 25.7 Å². The maximum atomic E-state index is 11.8. The molecule has 3 unspecified atom stereocenters. The zero-order chi connectivity index (χ0) is 13.0. The molecule has 0 aromatic carbocycles. The molecule has 18 heavy (non-hydrogen) atoms. The first-order valence-electron chi connectivity index (χ1n) is 6.55. The Bertz CT molecular complexity index is 260. The minimum atomic E-state index is -4.21. The van der Waals surface area contributed by atoms with Crippen molar-refractivity contribution in [3.63, 3.8) is 0 Å². The molecule has 0 radical (unpaired) electrons. The molecule has 2 rings (SSSR count). The third-order valence-corrected chi connectivity index (χ3v) is 3.55. The van der Waals surface area contributed by atoms with Crippen molar-refractivity contribution in [2.24, 2.45) is 5.92 Å². The van der Waals surface area contributed by atoms with Crippen molar-refractivity contribution >= 4 is 0 Å². The Morgan fingerprint density at radius 3 is 2.72 bits per heavy atom. The molecule has 0 aromatic heterocycles. The molecule has 2 bridgehead atoms. The zero-order valence-electron chi connectivity index (χ0n) is 10.3. The summed E-state index contributed by atoms with van der Waals surface area (Å²) in [6, 6.07) is 0. The molecule has 3 nitrogen and oxygen atoms in total. The van der Waals surface area contributed by atoms with E-state index in [1.807, 2.05) is 0 Å². The number of fused-ring (bicyclic) bond motifs is 2. The van der Waals surface area contributed by atoms with E-state index in [0.29, 0.717) is 31.1 Å². The second-order valence-corrected chi connectivity index (χ2v) is 5.10. The van der Waals surface area contributed by atoms with Gasteiger partial charge < -0.3 is 14.8 Å². The highest BCUT2D eigenvalue weighted by Crippen LogP contribution is 2.38. The van der Waals surface area contributed by atoms with Crippen molar-refractivity contribution in [3.8, 4) is 0 Å². The summed E-state index contributed by atoms with van der Waals surface area (Å²) < 4.78 is 45.6. The largest absolute Gasteiger partial charge is 0.411 e. The number of rotatable bonds is 7. The molecule has 0 amide bonds. The van der Waals surface area contributed by atoms with Gasteiger partial charge in [-0.3, -0.25) is 0 Å². The van der Waals surface area contributed by atoms with Crippen LogP contribution in [-0.4, -0.2) is 44.7 Å². The van der Waals surface area contributed by atoms with E-state index >= 15 is 0 Å². The van der Waals surface area contributed by atoms with Crippen molar-refractivity contribution in [1.29, 1.82) is 0 Å². The second kappa shape index (κ2) is 6.21. The molecule has 2 aliphatic heterocycles. The SMILES string of the molecule is FC(F)(F)COCCCNCC1CC2CCC1O2. The molecular weight excluding hydrogens is 247 g/mol. The van der Waals surface area contributed by atoms with Gasteiger partial charge in [-0.2, -0.15) is 13.2 Å². The van der Waals surface area contributed by atoms with E-state index in [9.17, 15) is 13.2 Å². The summed E-state index contributed by atoms with van der Waals surface area (Å²) in [5.74, 6) is 0.583. The predicted molar refractivity (Wildman–Crippen MR) is 60.4 cm³/mol.